The highest BCUT2D eigenvalue weighted by atomic mass is 19.4. The number of carbonyl (C=O) groups is 1. The fourth-order valence-corrected chi connectivity index (χ4v) is 1.13. The van der Waals surface area contributed by atoms with Gasteiger partial charge in [0, 0.05) is 25.0 Å². The Balaban J connectivity index is 3.56. The zero-order valence-electron chi connectivity index (χ0n) is 9.82. The maximum absolute atomic E-state index is 11.9. The third-order valence-corrected chi connectivity index (χ3v) is 1.98. The molecule has 0 saturated carbocycles. The fourth-order valence-electron chi connectivity index (χ4n) is 1.13. The Kier molecular flexibility index (Phi) is 6.40. The largest absolute Gasteiger partial charge is 0.390 e. The molecular weight excluding hydrogens is 221 g/mol. The van der Waals surface area contributed by atoms with Crippen molar-refractivity contribution >= 4 is 5.91 Å². The quantitative estimate of drug-likeness (QED) is 0.694. The predicted molar refractivity (Wildman–Crippen MR) is 56.0 cm³/mol. The molecule has 0 radical (unpaired) electrons. The molecule has 0 bridgehead atoms. The lowest BCUT2D eigenvalue weighted by atomic mass is 10.2. The van der Waals surface area contributed by atoms with E-state index in [1.165, 1.54) is 6.92 Å². The van der Waals surface area contributed by atoms with Gasteiger partial charge in [0.05, 0.1) is 6.42 Å². The molecule has 0 aliphatic carbocycles. The number of alkyl halides is 3. The molecule has 0 aromatic heterocycles. The second kappa shape index (κ2) is 6.73. The summed E-state index contributed by atoms with van der Waals surface area (Å²) in [5.74, 6) is -0.196. The SMILES string of the molecule is CC(CC(F)(F)F)NCCNC(=O)C(C)C. The summed E-state index contributed by atoms with van der Waals surface area (Å²) in [6.45, 7) is 5.68. The summed E-state index contributed by atoms with van der Waals surface area (Å²) in [4.78, 5) is 11.1. The molecule has 0 spiro atoms. The van der Waals surface area contributed by atoms with Crippen LogP contribution in [0.3, 0.4) is 0 Å². The summed E-state index contributed by atoms with van der Waals surface area (Å²) in [7, 11) is 0. The molecular formula is C10H19F3N2O. The van der Waals surface area contributed by atoms with E-state index in [4.69, 9.17) is 0 Å². The van der Waals surface area contributed by atoms with Crippen LogP contribution in [0.15, 0.2) is 0 Å². The van der Waals surface area contributed by atoms with Crippen molar-refractivity contribution in [2.45, 2.75) is 39.4 Å². The summed E-state index contributed by atoms with van der Waals surface area (Å²) in [6, 6.07) is -0.629. The van der Waals surface area contributed by atoms with E-state index in [-0.39, 0.29) is 11.8 Å². The van der Waals surface area contributed by atoms with Crippen molar-refractivity contribution in [2.24, 2.45) is 5.92 Å². The zero-order valence-corrected chi connectivity index (χ0v) is 9.82. The average molecular weight is 240 g/mol. The van der Waals surface area contributed by atoms with Gasteiger partial charge in [-0.15, -0.1) is 0 Å². The minimum absolute atomic E-state index is 0.0923. The normalized spacial score (nSPS) is 13.9. The van der Waals surface area contributed by atoms with E-state index in [9.17, 15) is 18.0 Å². The van der Waals surface area contributed by atoms with Gasteiger partial charge < -0.3 is 10.6 Å². The van der Waals surface area contributed by atoms with Gasteiger partial charge in [-0.05, 0) is 6.92 Å². The second-order valence-electron chi connectivity index (χ2n) is 4.12. The van der Waals surface area contributed by atoms with Crippen molar-refractivity contribution in [2.75, 3.05) is 13.1 Å². The van der Waals surface area contributed by atoms with Gasteiger partial charge in [0.15, 0.2) is 0 Å². The van der Waals surface area contributed by atoms with Crippen LogP contribution >= 0.6 is 0 Å². The number of rotatable bonds is 6. The first-order chi connectivity index (χ1) is 7.22. The number of halogens is 3. The lowest BCUT2D eigenvalue weighted by Gasteiger charge is -2.16. The van der Waals surface area contributed by atoms with Crippen molar-refractivity contribution in [3.05, 3.63) is 0 Å². The number of amides is 1. The summed E-state index contributed by atoms with van der Waals surface area (Å²) in [6.07, 6.45) is -5.00. The lowest BCUT2D eigenvalue weighted by molar-refractivity contribution is -0.139. The maximum Gasteiger partial charge on any atom is 0.390 e. The molecule has 0 aromatic carbocycles. The standard InChI is InChI=1S/C10H19F3N2O/c1-7(2)9(16)15-5-4-14-8(3)6-10(11,12)13/h7-8,14H,4-6H2,1-3H3,(H,15,16). The smallest absolute Gasteiger partial charge is 0.355 e. The van der Waals surface area contributed by atoms with Gasteiger partial charge in [0.2, 0.25) is 5.91 Å². The van der Waals surface area contributed by atoms with Crippen molar-refractivity contribution < 1.29 is 18.0 Å². The Labute approximate surface area is 93.8 Å². The van der Waals surface area contributed by atoms with Crippen LogP contribution < -0.4 is 10.6 Å². The van der Waals surface area contributed by atoms with Crippen molar-refractivity contribution in [1.82, 2.24) is 10.6 Å². The summed E-state index contributed by atoms with van der Waals surface area (Å²) >= 11 is 0. The lowest BCUT2D eigenvalue weighted by Crippen LogP contribution is -2.38. The highest BCUT2D eigenvalue weighted by Crippen LogP contribution is 2.20. The van der Waals surface area contributed by atoms with E-state index in [1.54, 1.807) is 13.8 Å². The second-order valence-corrected chi connectivity index (χ2v) is 4.12. The molecule has 3 nitrogen and oxygen atoms in total. The van der Waals surface area contributed by atoms with Crippen molar-refractivity contribution in [3.63, 3.8) is 0 Å². The molecule has 0 fully saturated rings. The van der Waals surface area contributed by atoms with E-state index in [0.717, 1.165) is 0 Å². The van der Waals surface area contributed by atoms with E-state index in [1.807, 2.05) is 0 Å². The van der Waals surface area contributed by atoms with E-state index in [2.05, 4.69) is 10.6 Å². The Morgan fingerprint density at radius 3 is 2.19 bits per heavy atom. The number of nitrogens with one attached hydrogen (secondary N) is 2. The van der Waals surface area contributed by atoms with Crippen LogP contribution in [0.4, 0.5) is 13.2 Å². The van der Waals surface area contributed by atoms with Crippen LogP contribution in [0.1, 0.15) is 27.2 Å². The molecule has 0 aliphatic rings. The van der Waals surface area contributed by atoms with Gasteiger partial charge in [0.1, 0.15) is 0 Å². The van der Waals surface area contributed by atoms with Gasteiger partial charge in [0.25, 0.3) is 0 Å². The van der Waals surface area contributed by atoms with Crippen LogP contribution in [0.2, 0.25) is 0 Å². The van der Waals surface area contributed by atoms with Crippen LogP contribution in [0, 0.1) is 5.92 Å². The molecule has 1 atom stereocenters. The van der Waals surface area contributed by atoms with Gasteiger partial charge in [-0.2, -0.15) is 13.2 Å². The highest BCUT2D eigenvalue weighted by Gasteiger charge is 2.29. The van der Waals surface area contributed by atoms with Crippen molar-refractivity contribution in [1.29, 1.82) is 0 Å². The van der Waals surface area contributed by atoms with Crippen LogP contribution in [-0.2, 0) is 4.79 Å². The van der Waals surface area contributed by atoms with Gasteiger partial charge >= 0.3 is 6.18 Å². The molecule has 0 aromatic rings. The summed E-state index contributed by atoms with van der Waals surface area (Å²) < 4.78 is 35.8. The predicted octanol–water partition coefficient (Wildman–Crippen LogP) is 1.69. The van der Waals surface area contributed by atoms with Crippen LogP contribution in [-0.4, -0.2) is 31.2 Å². The maximum atomic E-state index is 11.9. The molecule has 2 N–H and O–H groups in total. The van der Waals surface area contributed by atoms with Crippen molar-refractivity contribution in [3.8, 4) is 0 Å². The van der Waals surface area contributed by atoms with Crippen LogP contribution in [0.5, 0.6) is 0 Å². The Morgan fingerprint density at radius 1 is 1.19 bits per heavy atom. The fraction of sp³-hybridized carbons (Fsp3) is 0.900. The first kappa shape index (κ1) is 15.2. The first-order valence-corrected chi connectivity index (χ1v) is 5.30. The summed E-state index contributed by atoms with van der Waals surface area (Å²) in [5, 5.41) is 5.32. The monoisotopic (exact) mass is 240 g/mol. The number of hydrogen-bond donors (Lipinski definition) is 2. The van der Waals surface area contributed by atoms with Gasteiger partial charge in [-0.3, -0.25) is 4.79 Å². The molecule has 0 heterocycles. The Morgan fingerprint density at radius 2 is 1.75 bits per heavy atom. The van der Waals surface area contributed by atoms with Gasteiger partial charge in [-0.1, -0.05) is 13.8 Å². The van der Waals surface area contributed by atoms with E-state index < -0.39 is 18.6 Å². The molecule has 0 rings (SSSR count). The van der Waals surface area contributed by atoms with E-state index >= 15 is 0 Å². The van der Waals surface area contributed by atoms with Gasteiger partial charge in [-0.25, -0.2) is 0 Å². The Bertz CT molecular complexity index is 217. The minimum Gasteiger partial charge on any atom is -0.355 e. The number of carbonyl (C=O) groups excluding carboxylic acids is 1. The molecule has 96 valence electrons. The molecule has 6 heteroatoms. The molecule has 0 aliphatic heterocycles. The minimum atomic E-state index is -4.15. The van der Waals surface area contributed by atoms with Crippen LogP contribution in [0.25, 0.3) is 0 Å². The Hall–Kier alpha value is -0.780. The molecule has 16 heavy (non-hydrogen) atoms. The first-order valence-electron chi connectivity index (χ1n) is 5.30. The zero-order chi connectivity index (χ0) is 12.8. The summed E-state index contributed by atoms with van der Waals surface area (Å²) in [5.41, 5.74) is 0. The molecule has 0 saturated heterocycles. The third kappa shape index (κ3) is 8.52. The molecule has 1 amide bonds. The van der Waals surface area contributed by atoms with E-state index in [0.29, 0.717) is 13.1 Å². The average Bonchev–Trinajstić information content (AvgIpc) is 2.08. The highest BCUT2D eigenvalue weighted by molar-refractivity contribution is 5.77. The molecule has 1 unspecified atom stereocenters. The topological polar surface area (TPSA) is 41.1 Å². The third-order valence-electron chi connectivity index (χ3n) is 1.98. The number of hydrogen-bond acceptors (Lipinski definition) is 2.